The van der Waals surface area contributed by atoms with E-state index in [1.54, 1.807) is 17.5 Å². The minimum absolute atomic E-state index is 0.0494. The van der Waals surface area contributed by atoms with E-state index in [1.807, 2.05) is 23.0 Å². The molecule has 1 aliphatic rings. The predicted molar refractivity (Wildman–Crippen MR) is 99.5 cm³/mol. The van der Waals surface area contributed by atoms with Gasteiger partial charge in [-0.15, -0.1) is 11.3 Å². The lowest BCUT2D eigenvalue weighted by atomic mass is 9.93. The Kier molecular flexibility index (Phi) is 4.65. The molecular weight excluding hydrogens is 330 g/mol. The molecule has 4 nitrogen and oxygen atoms in total. The van der Waals surface area contributed by atoms with Crippen LogP contribution in [0.3, 0.4) is 0 Å². The summed E-state index contributed by atoms with van der Waals surface area (Å²) in [6.07, 6.45) is 6.05. The lowest BCUT2D eigenvalue weighted by Gasteiger charge is -2.36. The van der Waals surface area contributed by atoms with Crippen LogP contribution in [0, 0.1) is 0 Å². The van der Waals surface area contributed by atoms with Gasteiger partial charge in [-0.3, -0.25) is 9.48 Å². The van der Waals surface area contributed by atoms with E-state index in [-0.39, 0.29) is 11.9 Å². The Morgan fingerprint density at radius 2 is 2.08 bits per heavy atom. The maximum Gasteiger partial charge on any atom is 0.223 e. The fourth-order valence-electron chi connectivity index (χ4n) is 3.55. The molecule has 1 unspecified atom stereocenters. The molecule has 1 aromatic carbocycles. The van der Waals surface area contributed by atoms with Crippen LogP contribution in [0.25, 0.3) is 0 Å². The zero-order valence-electron chi connectivity index (χ0n) is 14.0. The van der Waals surface area contributed by atoms with E-state index in [9.17, 15) is 4.79 Å². The minimum atomic E-state index is 0.0494. The molecule has 0 saturated carbocycles. The van der Waals surface area contributed by atoms with Crippen molar-refractivity contribution in [1.82, 2.24) is 14.7 Å². The summed E-state index contributed by atoms with van der Waals surface area (Å²) in [4.78, 5) is 16.4. The lowest BCUT2D eigenvalue weighted by Crippen LogP contribution is -2.40. The fourth-order valence-corrected chi connectivity index (χ4v) is 4.45. The molecule has 0 spiro atoms. The molecule has 0 radical (unpaired) electrons. The Morgan fingerprint density at radius 1 is 1.20 bits per heavy atom. The van der Waals surface area contributed by atoms with Crippen molar-refractivity contribution < 1.29 is 4.79 Å². The molecule has 1 aliphatic heterocycles. The first-order valence-electron chi connectivity index (χ1n) is 8.71. The number of amides is 1. The van der Waals surface area contributed by atoms with Gasteiger partial charge in [-0.1, -0.05) is 30.3 Å². The highest BCUT2D eigenvalue weighted by Crippen LogP contribution is 2.38. The van der Waals surface area contributed by atoms with Gasteiger partial charge in [-0.05, 0) is 41.5 Å². The van der Waals surface area contributed by atoms with Gasteiger partial charge in [-0.2, -0.15) is 5.10 Å². The quantitative estimate of drug-likeness (QED) is 0.699. The normalized spacial score (nSPS) is 16.6. The van der Waals surface area contributed by atoms with Crippen LogP contribution in [0.5, 0.6) is 0 Å². The fraction of sp³-hybridized carbons (Fsp3) is 0.300. The van der Waals surface area contributed by atoms with Crippen LogP contribution in [0.2, 0.25) is 0 Å². The number of benzene rings is 1. The first-order chi connectivity index (χ1) is 12.3. The molecule has 1 amide bonds. The highest BCUT2D eigenvalue weighted by molar-refractivity contribution is 7.10. The molecule has 1 atom stereocenters. The van der Waals surface area contributed by atoms with Crippen LogP contribution >= 0.6 is 11.3 Å². The number of fused-ring (bicyclic) bond motifs is 1. The van der Waals surface area contributed by atoms with Gasteiger partial charge >= 0.3 is 0 Å². The zero-order chi connectivity index (χ0) is 17.1. The first kappa shape index (κ1) is 16.1. The van der Waals surface area contributed by atoms with E-state index in [2.05, 4.69) is 45.7 Å². The number of carbonyl (C=O) groups is 1. The van der Waals surface area contributed by atoms with Crippen LogP contribution in [0.15, 0.2) is 60.2 Å². The van der Waals surface area contributed by atoms with Crippen LogP contribution in [0.4, 0.5) is 0 Å². The number of nitrogens with zero attached hydrogens (tertiary/aromatic N) is 3. The van der Waals surface area contributed by atoms with Crippen LogP contribution in [0.1, 0.15) is 34.9 Å². The Bertz CT molecular complexity index is 826. The summed E-state index contributed by atoms with van der Waals surface area (Å²) in [5.41, 5.74) is 2.49. The summed E-state index contributed by atoms with van der Waals surface area (Å²) in [5.74, 6) is 0.234. The molecule has 25 heavy (non-hydrogen) atoms. The number of aryl methyl sites for hydroxylation is 1. The van der Waals surface area contributed by atoms with E-state index in [4.69, 9.17) is 0 Å². The lowest BCUT2D eigenvalue weighted by molar-refractivity contribution is -0.133. The average molecular weight is 351 g/mol. The summed E-state index contributed by atoms with van der Waals surface area (Å²) in [5, 5.41) is 6.35. The van der Waals surface area contributed by atoms with E-state index in [0.717, 1.165) is 25.9 Å². The summed E-state index contributed by atoms with van der Waals surface area (Å²) in [7, 11) is 0. The average Bonchev–Trinajstić information content (AvgIpc) is 3.33. The van der Waals surface area contributed by atoms with Gasteiger partial charge in [-0.25, -0.2) is 0 Å². The molecular formula is C20H21N3OS. The Hall–Kier alpha value is -2.40. The Morgan fingerprint density at radius 3 is 2.88 bits per heavy atom. The predicted octanol–water partition coefficient (Wildman–Crippen LogP) is 3.90. The highest BCUT2D eigenvalue weighted by Gasteiger charge is 2.32. The van der Waals surface area contributed by atoms with Crippen molar-refractivity contribution in [3.05, 3.63) is 76.2 Å². The van der Waals surface area contributed by atoms with Gasteiger partial charge in [0.15, 0.2) is 0 Å². The van der Waals surface area contributed by atoms with Crippen molar-refractivity contribution in [2.24, 2.45) is 0 Å². The van der Waals surface area contributed by atoms with Crippen molar-refractivity contribution in [3.63, 3.8) is 0 Å². The summed E-state index contributed by atoms with van der Waals surface area (Å²) < 4.78 is 1.88. The second kappa shape index (κ2) is 7.23. The SMILES string of the molecule is O=C(CCCn1cccn1)N1CCc2sccc2C1c1ccccc1. The zero-order valence-corrected chi connectivity index (χ0v) is 14.9. The minimum Gasteiger partial charge on any atom is -0.331 e. The van der Waals surface area contributed by atoms with Crippen molar-refractivity contribution in [2.75, 3.05) is 6.54 Å². The third-order valence-corrected chi connectivity index (χ3v) is 5.74. The molecule has 0 saturated heterocycles. The molecule has 3 aromatic rings. The molecule has 4 rings (SSSR count). The monoisotopic (exact) mass is 351 g/mol. The van der Waals surface area contributed by atoms with Crippen LogP contribution < -0.4 is 0 Å². The number of rotatable bonds is 5. The van der Waals surface area contributed by atoms with E-state index >= 15 is 0 Å². The molecule has 5 heteroatoms. The molecule has 0 fully saturated rings. The third-order valence-electron chi connectivity index (χ3n) is 4.74. The molecule has 2 aromatic heterocycles. The van der Waals surface area contributed by atoms with E-state index in [0.29, 0.717) is 6.42 Å². The molecule has 0 bridgehead atoms. The van der Waals surface area contributed by atoms with E-state index in [1.165, 1.54) is 16.0 Å². The number of thiophene rings is 1. The maximum absolute atomic E-state index is 12.9. The van der Waals surface area contributed by atoms with Gasteiger partial charge < -0.3 is 4.90 Å². The van der Waals surface area contributed by atoms with Gasteiger partial charge in [0.25, 0.3) is 0 Å². The number of carbonyl (C=O) groups excluding carboxylic acids is 1. The number of aromatic nitrogens is 2. The van der Waals surface area contributed by atoms with Gasteiger partial charge in [0.1, 0.15) is 0 Å². The molecule has 0 N–H and O–H groups in total. The number of hydrogen-bond acceptors (Lipinski definition) is 3. The first-order valence-corrected chi connectivity index (χ1v) is 9.59. The van der Waals surface area contributed by atoms with Crippen molar-refractivity contribution in [3.8, 4) is 0 Å². The van der Waals surface area contributed by atoms with Crippen LogP contribution in [-0.2, 0) is 17.8 Å². The third kappa shape index (κ3) is 3.37. The van der Waals surface area contributed by atoms with Crippen molar-refractivity contribution in [1.29, 1.82) is 0 Å². The number of hydrogen-bond donors (Lipinski definition) is 0. The second-order valence-electron chi connectivity index (χ2n) is 6.32. The largest absolute Gasteiger partial charge is 0.331 e. The second-order valence-corrected chi connectivity index (χ2v) is 7.32. The maximum atomic E-state index is 12.9. The molecule has 3 heterocycles. The topological polar surface area (TPSA) is 38.1 Å². The molecule has 0 aliphatic carbocycles. The Labute approximate surface area is 151 Å². The smallest absolute Gasteiger partial charge is 0.223 e. The van der Waals surface area contributed by atoms with E-state index < -0.39 is 0 Å². The van der Waals surface area contributed by atoms with Crippen LogP contribution in [-0.4, -0.2) is 27.1 Å². The standard InChI is InChI=1S/C20H21N3OS/c24-19(8-4-12-22-13-5-11-21-22)23-14-9-18-17(10-15-25-18)20(23)16-6-2-1-3-7-16/h1-3,5-7,10-11,13,15,20H,4,8-9,12,14H2. The van der Waals surface area contributed by atoms with Gasteiger partial charge in [0.05, 0.1) is 6.04 Å². The summed E-state index contributed by atoms with van der Waals surface area (Å²) in [6, 6.07) is 14.5. The Balaban J connectivity index is 1.52. The van der Waals surface area contributed by atoms with Crippen molar-refractivity contribution in [2.45, 2.75) is 31.8 Å². The van der Waals surface area contributed by atoms with Crippen molar-refractivity contribution >= 4 is 17.2 Å². The molecule has 128 valence electrons. The summed E-state index contributed by atoms with van der Waals surface area (Å²) >= 11 is 1.80. The van der Waals surface area contributed by atoms with Gasteiger partial charge in [0, 0.05) is 36.8 Å². The summed E-state index contributed by atoms with van der Waals surface area (Å²) in [6.45, 7) is 1.58. The van der Waals surface area contributed by atoms with Gasteiger partial charge in [0.2, 0.25) is 5.91 Å². The highest BCUT2D eigenvalue weighted by atomic mass is 32.1.